The van der Waals surface area contributed by atoms with Gasteiger partial charge in [0.15, 0.2) is 5.96 Å². The number of aromatic nitrogens is 1. The number of aromatic amines is 1. The number of piperidine rings is 1. The number of aliphatic imine (C=N–C) groups is 1. The third-order valence-electron chi connectivity index (χ3n) is 4.99. The van der Waals surface area contributed by atoms with Crippen molar-refractivity contribution in [2.45, 2.75) is 32.7 Å². The maximum atomic E-state index is 11.6. The number of nitrogens with zero attached hydrogens (tertiary/aromatic N) is 2. The lowest BCUT2D eigenvalue weighted by Crippen LogP contribution is -2.46. The molecule has 1 aliphatic heterocycles. The van der Waals surface area contributed by atoms with Crippen LogP contribution < -0.4 is 10.6 Å². The molecule has 2 aromatic rings. The minimum Gasteiger partial charge on any atom is -0.359 e. The molecule has 140 valence electrons. The molecule has 0 saturated carbocycles. The number of hydrogen-bond donors (Lipinski definition) is 3. The SMILES string of the molecule is CCNC(=NCc1cc2ccccc2[nH]1)N1CCC(CC(=O)NC)CC1. The van der Waals surface area contributed by atoms with Gasteiger partial charge in [0.2, 0.25) is 5.91 Å². The molecule has 6 heteroatoms. The number of H-pyrrole nitrogens is 1. The molecule has 3 rings (SSSR count). The van der Waals surface area contributed by atoms with Crippen molar-refractivity contribution in [3.05, 3.63) is 36.0 Å². The van der Waals surface area contributed by atoms with E-state index in [4.69, 9.17) is 4.99 Å². The maximum Gasteiger partial charge on any atom is 0.220 e. The van der Waals surface area contributed by atoms with Gasteiger partial charge in [-0.05, 0) is 43.2 Å². The first-order valence-corrected chi connectivity index (χ1v) is 9.50. The Morgan fingerprint density at radius 1 is 1.31 bits per heavy atom. The monoisotopic (exact) mass is 355 g/mol. The Hall–Kier alpha value is -2.50. The van der Waals surface area contributed by atoms with Gasteiger partial charge in [0.05, 0.1) is 6.54 Å². The molecule has 0 spiro atoms. The van der Waals surface area contributed by atoms with E-state index in [1.54, 1.807) is 7.05 Å². The van der Waals surface area contributed by atoms with Crippen LogP contribution in [-0.4, -0.2) is 48.4 Å². The molecular formula is C20H29N5O. The summed E-state index contributed by atoms with van der Waals surface area (Å²) in [4.78, 5) is 22.1. The summed E-state index contributed by atoms with van der Waals surface area (Å²) < 4.78 is 0. The van der Waals surface area contributed by atoms with Gasteiger partial charge in [-0.15, -0.1) is 0 Å². The molecule has 0 bridgehead atoms. The predicted octanol–water partition coefficient (Wildman–Crippen LogP) is 2.48. The summed E-state index contributed by atoms with van der Waals surface area (Å²) in [5, 5.41) is 7.35. The normalized spacial score (nSPS) is 16.1. The highest BCUT2D eigenvalue weighted by molar-refractivity contribution is 5.81. The van der Waals surface area contributed by atoms with Crippen LogP contribution in [0, 0.1) is 5.92 Å². The van der Waals surface area contributed by atoms with E-state index in [9.17, 15) is 4.79 Å². The lowest BCUT2D eigenvalue weighted by atomic mass is 9.93. The van der Waals surface area contributed by atoms with Crippen molar-refractivity contribution < 1.29 is 4.79 Å². The topological polar surface area (TPSA) is 72.5 Å². The van der Waals surface area contributed by atoms with Crippen LogP contribution in [0.3, 0.4) is 0 Å². The average molecular weight is 355 g/mol. The first-order valence-electron chi connectivity index (χ1n) is 9.50. The van der Waals surface area contributed by atoms with E-state index in [2.05, 4.69) is 51.7 Å². The molecule has 26 heavy (non-hydrogen) atoms. The maximum absolute atomic E-state index is 11.6. The zero-order valence-corrected chi connectivity index (χ0v) is 15.7. The molecule has 6 nitrogen and oxygen atoms in total. The van der Waals surface area contributed by atoms with Crippen LogP contribution in [0.5, 0.6) is 0 Å². The van der Waals surface area contributed by atoms with Crippen molar-refractivity contribution in [2.75, 3.05) is 26.7 Å². The molecule has 1 amide bonds. The smallest absolute Gasteiger partial charge is 0.220 e. The van der Waals surface area contributed by atoms with Gasteiger partial charge in [-0.25, -0.2) is 4.99 Å². The number of carbonyl (C=O) groups excluding carboxylic acids is 1. The molecule has 0 unspecified atom stereocenters. The number of likely N-dealkylation sites (tertiary alicyclic amines) is 1. The summed E-state index contributed by atoms with van der Waals surface area (Å²) in [6.45, 7) is 5.47. The average Bonchev–Trinajstić information content (AvgIpc) is 3.08. The first-order chi connectivity index (χ1) is 12.7. The highest BCUT2D eigenvalue weighted by Crippen LogP contribution is 2.21. The van der Waals surface area contributed by atoms with Crippen LogP contribution >= 0.6 is 0 Å². The molecule has 1 aliphatic rings. The van der Waals surface area contributed by atoms with E-state index in [-0.39, 0.29) is 5.91 Å². The van der Waals surface area contributed by atoms with Crippen molar-refractivity contribution in [1.29, 1.82) is 0 Å². The molecule has 1 saturated heterocycles. The van der Waals surface area contributed by atoms with Gasteiger partial charge < -0.3 is 20.5 Å². The highest BCUT2D eigenvalue weighted by Gasteiger charge is 2.23. The van der Waals surface area contributed by atoms with Crippen LogP contribution in [-0.2, 0) is 11.3 Å². The molecule has 0 aliphatic carbocycles. The van der Waals surface area contributed by atoms with Gasteiger partial charge in [-0.2, -0.15) is 0 Å². The van der Waals surface area contributed by atoms with Crippen LogP contribution in [0.4, 0.5) is 0 Å². The van der Waals surface area contributed by atoms with E-state index >= 15 is 0 Å². The number of benzene rings is 1. The van der Waals surface area contributed by atoms with Crippen LogP contribution in [0.25, 0.3) is 10.9 Å². The van der Waals surface area contributed by atoms with Crippen molar-refractivity contribution in [2.24, 2.45) is 10.9 Å². The zero-order chi connectivity index (χ0) is 18.4. The second-order valence-electron chi connectivity index (χ2n) is 6.86. The summed E-state index contributed by atoms with van der Waals surface area (Å²) in [5.41, 5.74) is 2.27. The van der Waals surface area contributed by atoms with Crippen molar-refractivity contribution in [3.8, 4) is 0 Å². The molecule has 1 aromatic carbocycles. The lowest BCUT2D eigenvalue weighted by Gasteiger charge is -2.34. The van der Waals surface area contributed by atoms with Gasteiger partial charge in [0, 0.05) is 44.3 Å². The van der Waals surface area contributed by atoms with E-state index in [1.165, 1.54) is 5.39 Å². The highest BCUT2D eigenvalue weighted by atomic mass is 16.1. The number of hydrogen-bond acceptors (Lipinski definition) is 2. The summed E-state index contributed by atoms with van der Waals surface area (Å²) in [6, 6.07) is 10.5. The Morgan fingerprint density at radius 3 is 2.77 bits per heavy atom. The molecule has 1 fully saturated rings. The second-order valence-corrected chi connectivity index (χ2v) is 6.86. The molecule has 3 N–H and O–H groups in total. The summed E-state index contributed by atoms with van der Waals surface area (Å²) >= 11 is 0. The van der Waals surface area contributed by atoms with Crippen LogP contribution in [0.15, 0.2) is 35.3 Å². The Labute approximate surface area is 155 Å². The van der Waals surface area contributed by atoms with Crippen LogP contribution in [0.2, 0.25) is 0 Å². The summed E-state index contributed by atoms with van der Waals surface area (Å²) in [6.07, 6.45) is 2.70. The van der Waals surface area contributed by atoms with E-state index in [1.807, 2.05) is 6.07 Å². The predicted molar refractivity (Wildman–Crippen MR) is 106 cm³/mol. The summed E-state index contributed by atoms with van der Waals surface area (Å²) in [7, 11) is 1.71. The first kappa shape index (κ1) is 18.3. The Kier molecular flexibility index (Phi) is 6.15. The number of nitrogens with one attached hydrogen (secondary N) is 3. The standard InChI is InChI=1S/C20H29N5O/c1-3-22-20(25-10-8-15(9-11-25)12-19(26)21-2)23-14-17-13-16-6-4-5-7-18(16)24-17/h4-7,13,15,24H,3,8-12,14H2,1-2H3,(H,21,26)(H,22,23). The fraction of sp³-hybridized carbons (Fsp3) is 0.500. The quantitative estimate of drug-likeness (QED) is 0.570. The van der Waals surface area contributed by atoms with Gasteiger partial charge in [0.1, 0.15) is 0 Å². The number of fused-ring (bicyclic) bond motifs is 1. The molecule has 0 atom stereocenters. The van der Waals surface area contributed by atoms with E-state index < -0.39 is 0 Å². The third kappa shape index (κ3) is 4.56. The number of rotatable bonds is 5. The second kappa shape index (κ2) is 8.74. The third-order valence-corrected chi connectivity index (χ3v) is 4.99. The van der Waals surface area contributed by atoms with Crippen molar-refractivity contribution in [3.63, 3.8) is 0 Å². The minimum absolute atomic E-state index is 0.142. The molecule has 1 aromatic heterocycles. The van der Waals surface area contributed by atoms with Crippen molar-refractivity contribution in [1.82, 2.24) is 20.5 Å². The number of para-hydroxylation sites is 1. The molecular weight excluding hydrogens is 326 g/mol. The Morgan fingerprint density at radius 2 is 2.08 bits per heavy atom. The van der Waals surface area contributed by atoms with E-state index in [0.717, 1.165) is 49.6 Å². The minimum atomic E-state index is 0.142. The fourth-order valence-corrected chi connectivity index (χ4v) is 3.52. The summed E-state index contributed by atoms with van der Waals surface area (Å²) in [5.74, 6) is 1.58. The Balaban J connectivity index is 1.61. The number of carbonyl (C=O) groups is 1. The van der Waals surface area contributed by atoms with Crippen molar-refractivity contribution >= 4 is 22.8 Å². The van der Waals surface area contributed by atoms with E-state index in [0.29, 0.717) is 18.9 Å². The van der Waals surface area contributed by atoms with Gasteiger partial charge in [-0.1, -0.05) is 18.2 Å². The van der Waals surface area contributed by atoms with Gasteiger partial charge in [0.25, 0.3) is 0 Å². The molecule has 0 radical (unpaired) electrons. The lowest BCUT2D eigenvalue weighted by molar-refractivity contribution is -0.121. The molecule has 2 heterocycles. The number of guanidine groups is 1. The van der Waals surface area contributed by atoms with Gasteiger partial charge in [-0.3, -0.25) is 4.79 Å². The largest absolute Gasteiger partial charge is 0.359 e. The van der Waals surface area contributed by atoms with Gasteiger partial charge >= 0.3 is 0 Å². The van der Waals surface area contributed by atoms with Crippen LogP contribution in [0.1, 0.15) is 31.9 Å². The Bertz CT molecular complexity index is 725. The number of amides is 1. The fourth-order valence-electron chi connectivity index (χ4n) is 3.52. The zero-order valence-electron chi connectivity index (χ0n) is 15.7.